The highest BCUT2D eigenvalue weighted by Crippen LogP contribution is 2.54. The summed E-state index contributed by atoms with van der Waals surface area (Å²) in [5.74, 6) is 0.554. The molecule has 0 radical (unpaired) electrons. The Morgan fingerprint density at radius 1 is 0.722 bits per heavy atom. The van der Waals surface area contributed by atoms with E-state index in [0.717, 1.165) is 12.8 Å². The summed E-state index contributed by atoms with van der Waals surface area (Å²) in [5, 5.41) is 11.3. The van der Waals surface area contributed by atoms with Gasteiger partial charge in [-0.25, -0.2) is 0 Å². The second kappa shape index (κ2) is 4.81. The van der Waals surface area contributed by atoms with Crippen LogP contribution < -0.4 is 0 Å². The predicted molar refractivity (Wildman–Crippen MR) is 77.6 cm³/mol. The minimum absolute atomic E-state index is 0.294. The van der Waals surface area contributed by atoms with Gasteiger partial charge in [-0.3, -0.25) is 0 Å². The minimum atomic E-state index is -0.393. The first-order valence-corrected chi connectivity index (χ1v) is 7.95. The standard InChI is InChI=1S/C17H32O/c1-15(2)11-16(3,4)13-17(18,12-15)14-9-7-5-6-8-10-14/h14,18H,5-13H2,1-4H3. The molecule has 1 nitrogen and oxygen atoms in total. The van der Waals surface area contributed by atoms with E-state index in [0.29, 0.717) is 16.7 Å². The zero-order valence-electron chi connectivity index (χ0n) is 12.9. The zero-order valence-corrected chi connectivity index (χ0v) is 12.9. The summed E-state index contributed by atoms with van der Waals surface area (Å²) in [6.45, 7) is 9.37. The van der Waals surface area contributed by atoms with Crippen molar-refractivity contribution in [2.24, 2.45) is 16.7 Å². The van der Waals surface area contributed by atoms with Gasteiger partial charge in [-0.2, -0.15) is 0 Å². The van der Waals surface area contributed by atoms with Gasteiger partial charge in [0, 0.05) is 0 Å². The summed E-state index contributed by atoms with van der Waals surface area (Å²) >= 11 is 0. The molecule has 0 atom stereocenters. The zero-order chi connectivity index (χ0) is 13.4. The van der Waals surface area contributed by atoms with E-state index in [2.05, 4.69) is 27.7 Å². The molecule has 2 aliphatic carbocycles. The largest absolute Gasteiger partial charge is 0.390 e. The van der Waals surface area contributed by atoms with Gasteiger partial charge in [0.2, 0.25) is 0 Å². The molecule has 0 unspecified atom stereocenters. The van der Waals surface area contributed by atoms with Crippen LogP contribution in [-0.2, 0) is 0 Å². The van der Waals surface area contributed by atoms with Gasteiger partial charge in [-0.1, -0.05) is 53.4 Å². The van der Waals surface area contributed by atoms with Crippen molar-refractivity contribution in [3.8, 4) is 0 Å². The van der Waals surface area contributed by atoms with Crippen molar-refractivity contribution >= 4 is 0 Å². The summed E-state index contributed by atoms with van der Waals surface area (Å²) in [7, 11) is 0. The molecule has 18 heavy (non-hydrogen) atoms. The summed E-state index contributed by atoms with van der Waals surface area (Å²) in [6.07, 6.45) is 11.2. The molecule has 2 saturated carbocycles. The Bertz CT molecular complexity index is 266. The van der Waals surface area contributed by atoms with E-state index in [-0.39, 0.29) is 0 Å². The van der Waals surface area contributed by atoms with E-state index < -0.39 is 5.60 Å². The van der Waals surface area contributed by atoms with Gasteiger partial charge < -0.3 is 5.11 Å². The maximum absolute atomic E-state index is 11.3. The third-order valence-corrected chi connectivity index (χ3v) is 5.14. The minimum Gasteiger partial charge on any atom is -0.390 e. The lowest BCUT2D eigenvalue weighted by Crippen LogP contribution is -2.50. The Morgan fingerprint density at radius 3 is 1.61 bits per heavy atom. The molecule has 2 aliphatic rings. The smallest absolute Gasteiger partial charge is 0.0686 e. The molecule has 0 spiro atoms. The molecule has 0 aliphatic heterocycles. The van der Waals surface area contributed by atoms with E-state index in [1.807, 2.05) is 0 Å². The third kappa shape index (κ3) is 3.29. The summed E-state index contributed by atoms with van der Waals surface area (Å²) in [4.78, 5) is 0. The number of aliphatic hydroxyl groups is 1. The first kappa shape index (κ1) is 14.4. The maximum atomic E-state index is 11.3. The van der Waals surface area contributed by atoms with Crippen LogP contribution in [0.1, 0.15) is 85.5 Å². The second-order valence-corrected chi connectivity index (χ2v) is 8.65. The van der Waals surface area contributed by atoms with Gasteiger partial charge >= 0.3 is 0 Å². The lowest BCUT2D eigenvalue weighted by molar-refractivity contribution is -0.125. The average Bonchev–Trinajstić information content (AvgIpc) is 2.38. The van der Waals surface area contributed by atoms with Gasteiger partial charge in [0.25, 0.3) is 0 Å². The summed E-state index contributed by atoms with van der Waals surface area (Å²) in [6, 6.07) is 0. The van der Waals surface area contributed by atoms with Crippen molar-refractivity contribution in [2.45, 2.75) is 91.1 Å². The molecule has 0 aromatic heterocycles. The third-order valence-electron chi connectivity index (χ3n) is 5.14. The molecule has 1 N–H and O–H groups in total. The van der Waals surface area contributed by atoms with Crippen molar-refractivity contribution in [1.29, 1.82) is 0 Å². The van der Waals surface area contributed by atoms with Gasteiger partial charge in [0.15, 0.2) is 0 Å². The predicted octanol–water partition coefficient (Wildman–Crippen LogP) is 4.92. The molecule has 2 rings (SSSR count). The molecular weight excluding hydrogens is 220 g/mol. The molecule has 0 heterocycles. The van der Waals surface area contributed by atoms with Crippen LogP contribution in [-0.4, -0.2) is 10.7 Å². The highest BCUT2D eigenvalue weighted by molar-refractivity contribution is 5.01. The quantitative estimate of drug-likeness (QED) is 0.656. The Kier molecular flexibility index (Phi) is 3.84. The molecule has 0 aromatic rings. The van der Waals surface area contributed by atoms with E-state index >= 15 is 0 Å². The van der Waals surface area contributed by atoms with Gasteiger partial charge in [-0.05, 0) is 48.9 Å². The Balaban J connectivity index is 2.17. The van der Waals surface area contributed by atoms with Crippen LogP contribution in [0.15, 0.2) is 0 Å². The van der Waals surface area contributed by atoms with Gasteiger partial charge in [0.1, 0.15) is 0 Å². The second-order valence-electron chi connectivity index (χ2n) is 8.65. The molecule has 1 heteroatoms. The summed E-state index contributed by atoms with van der Waals surface area (Å²) in [5.41, 5.74) is 0.196. The average molecular weight is 252 g/mol. The van der Waals surface area contributed by atoms with Crippen LogP contribution in [0.4, 0.5) is 0 Å². The lowest BCUT2D eigenvalue weighted by atomic mass is 9.56. The molecular formula is C17H32O. The van der Waals surface area contributed by atoms with Crippen molar-refractivity contribution in [1.82, 2.24) is 0 Å². The Hall–Kier alpha value is -0.0400. The number of rotatable bonds is 1. The van der Waals surface area contributed by atoms with E-state index in [4.69, 9.17) is 0 Å². The summed E-state index contributed by atoms with van der Waals surface area (Å²) < 4.78 is 0. The van der Waals surface area contributed by atoms with Gasteiger partial charge in [0.05, 0.1) is 5.60 Å². The van der Waals surface area contributed by atoms with Crippen LogP contribution in [0.25, 0.3) is 0 Å². The van der Waals surface area contributed by atoms with Crippen LogP contribution in [0.3, 0.4) is 0 Å². The highest BCUT2D eigenvalue weighted by Gasteiger charge is 2.49. The molecule has 2 fully saturated rings. The van der Waals surface area contributed by atoms with Gasteiger partial charge in [-0.15, -0.1) is 0 Å². The molecule has 0 bridgehead atoms. The van der Waals surface area contributed by atoms with Crippen molar-refractivity contribution in [3.05, 3.63) is 0 Å². The van der Waals surface area contributed by atoms with E-state index in [1.54, 1.807) is 0 Å². The maximum Gasteiger partial charge on any atom is 0.0686 e. The van der Waals surface area contributed by atoms with Crippen LogP contribution in [0, 0.1) is 16.7 Å². The monoisotopic (exact) mass is 252 g/mol. The van der Waals surface area contributed by atoms with Crippen molar-refractivity contribution in [3.63, 3.8) is 0 Å². The number of hydrogen-bond acceptors (Lipinski definition) is 1. The first-order valence-electron chi connectivity index (χ1n) is 7.95. The van der Waals surface area contributed by atoms with Crippen molar-refractivity contribution in [2.75, 3.05) is 0 Å². The lowest BCUT2D eigenvalue weighted by Gasteiger charge is -2.52. The van der Waals surface area contributed by atoms with Crippen LogP contribution in [0.2, 0.25) is 0 Å². The molecule has 0 aromatic carbocycles. The molecule has 106 valence electrons. The topological polar surface area (TPSA) is 20.2 Å². The fourth-order valence-corrected chi connectivity index (χ4v) is 5.25. The first-order chi connectivity index (χ1) is 8.23. The molecule has 0 saturated heterocycles. The fourth-order valence-electron chi connectivity index (χ4n) is 5.25. The van der Waals surface area contributed by atoms with Crippen LogP contribution in [0.5, 0.6) is 0 Å². The normalized spacial score (nSPS) is 31.8. The Morgan fingerprint density at radius 2 is 1.17 bits per heavy atom. The van der Waals surface area contributed by atoms with Crippen molar-refractivity contribution < 1.29 is 5.11 Å². The highest BCUT2D eigenvalue weighted by atomic mass is 16.3. The van der Waals surface area contributed by atoms with E-state index in [1.165, 1.54) is 44.9 Å². The van der Waals surface area contributed by atoms with Crippen LogP contribution >= 0.6 is 0 Å². The van der Waals surface area contributed by atoms with E-state index in [9.17, 15) is 5.11 Å². The number of hydrogen-bond donors (Lipinski definition) is 1. The SMILES string of the molecule is CC1(C)CC(C)(C)CC(O)(C2CCCCCC2)C1. The molecule has 0 amide bonds. The fraction of sp³-hybridized carbons (Fsp3) is 1.00. The Labute approximate surface area is 113 Å².